The van der Waals surface area contributed by atoms with Gasteiger partial charge in [0.15, 0.2) is 0 Å². The van der Waals surface area contributed by atoms with E-state index < -0.39 is 0 Å². The summed E-state index contributed by atoms with van der Waals surface area (Å²) in [4.78, 5) is 0. The van der Waals surface area contributed by atoms with Gasteiger partial charge < -0.3 is 0 Å². The maximum atomic E-state index is 5.29. The second-order valence-corrected chi connectivity index (χ2v) is 2.58. The first-order chi connectivity index (χ1) is 5.25. The van der Waals surface area contributed by atoms with Crippen molar-refractivity contribution in [1.82, 2.24) is 0 Å². The summed E-state index contributed by atoms with van der Waals surface area (Å²) >= 11 is 0. The van der Waals surface area contributed by atoms with Crippen molar-refractivity contribution >= 4 is 5.57 Å². The van der Waals surface area contributed by atoms with Crippen molar-refractivity contribution < 1.29 is 0 Å². The molecule has 0 unspecified atom stereocenters. The minimum Gasteiger partial charge on any atom is -0.116 e. The van der Waals surface area contributed by atoms with Crippen molar-refractivity contribution in [3.8, 4) is 0 Å². The van der Waals surface area contributed by atoms with Gasteiger partial charge in [-0.3, -0.25) is 0 Å². The van der Waals surface area contributed by atoms with E-state index in [0.29, 0.717) is 0 Å². The van der Waals surface area contributed by atoms with Crippen molar-refractivity contribution in [1.29, 1.82) is 0 Å². The highest BCUT2D eigenvalue weighted by Crippen LogP contribution is 2.15. The van der Waals surface area contributed by atoms with Crippen LogP contribution in [0.15, 0.2) is 30.0 Å². The summed E-state index contributed by atoms with van der Waals surface area (Å²) < 4.78 is 0. The van der Waals surface area contributed by atoms with Gasteiger partial charge in [0.25, 0.3) is 0 Å². The topological polar surface area (TPSA) is 0 Å². The standard InChI is InChI=1S/C11H11/c1-4-9(2)11-8-6-5-7-10(11)3/h1,5-8H,2-3H3. The maximum Gasteiger partial charge on any atom is -0.00161 e. The number of benzene rings is 1. The summed E-state index contributed by atoms with van der Waals surface area (Å²) in [5.41, 5.74) is 6.06. The lowest BCUT2D eigenvalue weighted by Gasteiger charge is -2.01. The number of aryl methyl sites for hydroxylation is 1. The lowest BCUT2D eigenvalue weighted by Crippen LogP contribution is -1.82. The lowest BCUT2D eigenvalue weighted by molar-refractivity contribution is 1.41. The Labute approximate surface area is 67.9 Å². The summed E-state index contributed by atoms with van der Waals surface area (Å²) in [6.07, 6.45) is 0. The summed E-state index contributed by atoms with van der Waals surface area (Å²) in [5, 5.41) is 0. The normalized spacial score (nSPS) is 8.91. The van der Waals surface area contributed by atoms with Crippen molar-refractivity contribution in [2.45, 2.75) is 13.8 Å². The van der Waals surface area contributed by atoms with E-state index in [1.165, 1.54) is 11.1 Å². The molecule has 55 valence electrons. The minimum atomic E-state index is 1.00. The molecule has 0 aliphatic rings. The SMILES string of the molecule is [CH]=C=C(C)c1ccccc1C. The molecule has 0 aliphatic heterocycles. The molecule has 0 heteroatoms. The van der Waals surface area contributed by atoms with Crippen molar-refractivity contribution in [3.05, 3.63) is 47.7 Å². The van der Waals surface area contributed by atoms with Gasteiger partial charge in [-0.25, -0.2) is 0 Å². The molecule has 0 nitrogen and oxygen atoms in total. The largest absolute Gasteiger partial charge is 0.116 e. The zero-order valence-corrected chi connectivity index (χ0v) is 6.89. The summed E-state index contributed by atoms with van der Waals surface area (Å²) in [6.45, 7) is 9.31. The molecule has 1 aromatic carbocycles. The van der Waals surface area contributed by atoms with E-state index in [-0.39, 0.29) is 0 Å². The number of hydrogen-bond donors (Lipinski definition) is 0. The first-order valence-electron chi connectivity index (χ1n) is 3.62. The van der Waals surface area contributed by atoms with Crippen LogP contribution in [0.4, 0.5) is 0 Å². The Morgan fingerprint density at radius 1 is 1.36 bits per heavy atom. The molecule has 0 saturated heterocycles. The molecule has 1 rings (SSSR count). The highest BCUT2D eigenvalue weighted by atomic mass is 14.0. The van der Waals surface area contributed by atoms with Crippen molar-refractivity contribution in [2.24, 2.45) is 0 Å². The van der Waals surface area contributed by atoms with Gasteiger partial charge in [0.05, 0.1) is 0 Å². The molecule has 0 aliphatic carbocycles. The van der Waals surface area contributed by atoms with Gasteiger partial charge in [-0.15, -0.1) is 5.73 Å². The zero-order chi connectivity index (χ0) is 8.27. The first-order valence-corrected chi connectivity index (χ1v) is 3.62. The molecule has 0 heterocycles. The summed E-state index contributed by atoms with van der Waals surface area (Å²) in [7, 11) is 0. The Morgan fingerprint density at radius 3 is 2.55 bits per heavy atom. The Hall–Kier alpha value is -1.26. The zero-order valence-electron chi connectivity index (χ0n) is 6.89. The van der Waals surface area contributed by atoms with Crippen LogP contribution in [0.2, 0.25) is 0 Å². The molecule has 0 atom stereocenters. The molecular weight excluding hydrogens is 132 g/mol. The maximum absolute atomic E-state index is 5.29. The van der Waals surface area contributed by atoms with E-state index in [0.717, 1.165) is 5.57 Å². The van der Waals surface area contributed by atoms with E-state index in [1.807, 2.05) is 25.1 Å². The van der Waals surface area contributed by atoms with Crippen LogP contribution in [-0.4, -0.2) is 0 Å². The van der Waals surface area contributed by atoms with E-state index >= 15 is 0 Å². The minimum absolute atomic E-state index is 1.00. The Morgan fingerprint density at radius 2 is 2.00 bits per heavy atom. The van der Waals surface area contributed by atoms with Crippen molar-refractivity contribution in [3.63, 3.8) is 0 Å². The molecule has 0 fully saturated rings. The third-order valence-electron chi connectivity index (χ3n) is 1.77. The highest BCUT2D eigenvalue weighted by Gasteiger charge is 1.96. The summed E-state index contributed by atoms with van der Waals surface area (Å²) in [5.74, 6) is 0. The Kier molecular flexibility index (Phi) is 2.30. The van der Waals surface area contributed by atoms with E-state index in [9.17, 15) is 0 Å². The second kappa shape index (κ2) is 3.23. The predicted octanol–water partition coefficient (Wildman–Crippen LogP) is 2.99. The van der Waals surface area contributed by atoms with Gasteiger partial charge in [-0.05, 0) is 37.1 Å². The smallest absolute Gasteiger partial charge is 0.00161 e. The molecule has 11 heavy (non-hydrogen) atoms. The third kappa shape index (κ3) is 1.60. The fourth-order valence-electron chi connectivity index (χ4n) is 1.07. The molecule has 0 bridgehead atoms. The van der Waals surface area contributed by atoms with Crippen molar-refractivity contribution in [2.75, 3.05) is 0 Å². The van der Waals surface area contributed by atoms with E-state index in [1.54, 1.807) is 0 Å². The Balaban J connectivity index is 3.24. The van der Waals surface area contributed by atoms with Crippen LogP contribution >= 0.6 is 0 Å². The van der Waals surface area contributed by atoms with Gasteiger partial charge >= 0.3 is 0 Å². The van der Waals surface area contributed by atoms with E-state index in [2.05, 4.69) is 18.7 Å². The van der Waals surface area contributed by atoms with Crippen LogP contribution < -0.4 is 0 Å². The third-order valence-corrected chi connectivity index (χ3v) is 1.77. The second-order valence-electron chi connectivity index (χ2n) is 2.58. The number of rotatable bonds is 1. The molecule has 1 radical (unpaired) electrons. The molecule has 1 aromatic rings. The fourth-order valence-corrected chi connectivity index (χ4v) is 1.07. The van der Waals surface area contributed by atoms with Crippen LogP contribution in [-0.2, 0) is 0 Å². The lowest BCUT2D eigenvalue weighted by atomic mass is 10.0. The molecule has 0 spiro atoms. The first kappa shape index (κ1) is 7.84. The molecule has 0 saturated carbocycles. The van der Waals surface area contributed by atoms with Crippen LogP contribution in [0.3, 0.4) is 0 Å². The van der Waals surface area contributed by atoms with Crippen LogP contribution in [0, 0.1) is 13.5 Å². The quantitative estimate of drug-likeness (QED) is 0.530. The molecule has 0 amide bonds. The number of allylic oxidation sites excluding steroid dienone is 1. The highest BCUT2D eigenvalue weighted by molar-refractivity contribution is 5.65. The van der Waals surface area contributed by atoms with Gasteiger partial charge in [-0.1, -0.05) is 24.3 Å². The van der Waals surface area contributed by atoms with Crippen LogP contribution in [0.1, 0.15) is 18.1 Å². The fraction of sp³-hybridized carbons (Fsp3) is 0.182. The van der Waals surface area contributed by atoms with Crippen LogP contribution in [0.25, 0.3) is 5.57 Å². The molecule has 0 aromatic heterocycles. The molecule has 0 N–H and O–H groups in total. The van der Waals surface area contributed by atoms with Gasteiger partial charge in [0.2, 0.25) is 0 Å². The predicted molar refractivity (Wildman–Crippen MR) is 48.1 cm³/mol. The average Bonchev–Trinajstić information content (AvgIpc) is 2.04. The Bertz CT molecular complexity index is 302. The molecular formula is C11H11. The van der Waals surface area contributed by atoms with Gasteiger partial charge in [0.1, 0.15) is 0 Å². The van der Waals surface area contributed by atoms with Crippen LogP contribution in [0.5, 0.6) is 0 Å². The van der Waals surface area contributed by atoms with Gasteiger partial charge in [0, 0.05) is 0 Å². The number of hydrogen-bond acceptors (Lipinski definition) is 0. The van der Waals surface area contributed by atoms with E-state index in [4.69, 9.17) is 6.58 Å². The monoisotopic (exact) mass is 143 g/mol. The van der Waals surface area contributed by atoms with Gasteiger partial charge in [-0.2, -0.15) is 0 Å². The average molecular weight is 143 g/mol. The summed E-state index contributed by atoms with van der Waals surface area (Å²) in [6, 6.07) is 8.13.